The van der Waals surface area contributed by atoms with Gasteiger partial charge in [0.2, 0.25) is 5.91 Å². The summed E-state index contributed by atoms with van der Waals surface area (Å²) in [6, 6.07) is 2.07. The summed E-state index contributed by atoms with van der Waals surface area (Å²) in [5.41, 5.74) is 1.75. The highest BCUT2D eigenvalue weighted by Gasteiger charge is 2.35. The van der Waals surface area contributed by atoms with Gasteiger partial charge in [0, 0.05) is 46.1 Å². The molecule has 2 aromatic heterocycles. The number of nitrogens with one attached hydrogen (secondary N) is 1. The van der Waals surface area contributed by atoms with Gasteiger partial charge in [-0.15, -0.1) is 0 Å². The Balaban J connectivity index is 1.35. The van der Waals surface area contributed by atoms with Gasteiger partial charge in [-0.1, -0.05) is 0 Å². The lowest BCUT2D eigenvalue weighted by atomic mass is 10.0. The predicted molar refractivity (Wildman–Crippen MR) is 115 cm³/mol. The molecule has 10 heteroatoms. The molecule has 1 amide bonds. The predicted octanol–water partition coefficient (Wildman–Crippen LogP) is 0.445. The van der Waals surface area contributed by atoms with Gasteiger partial charge in [-0.2, -0.15) is 5.10 Å². The fraction of sp³-hybridized carbons (Fsp3) is 0.619. The summed E-state index contributed by atoms with van der Waals surface area (Å²) in [4.78, 5) is 26.6. The van der Waals surface area contributed by atoms with E-state index < -0.39 is 0 Å². The summed E-state index contributed by atoms with van der Waals surface area (Å²) in [6.45, 7) is 5.36. The van der Waals surface area contributed by atoms with Crippen molar-refractivity contribution in [3.63, 3.8) is 0 Å². The molecule has 1 unspecified atom stereocenters. The molecule has 166 valence electrons. The number of aromatic nitrogens is 4. The van der Waals surface area contributed by atoms with Gasteiger partial charge in [0.05, 0.1) is 37.7 Å². The van der Waals surface area contributed by atoms with Crippen LogP contribution in [0.4, 0.5) is 11.5 Å². The zero-order chi connectivity index (χ0) is 21.2. The van der Waals surface area contributed by atoms with E-state index in [9.17, 15) is 4.79 Å². The van der Waals surface area contributed by atoms with Crippen LogP contribution in [0.15, 0.2) is 18.5 Å². The zero-order valence-electron chi connectivity index (χ0n) is 17.9. The van der Waals surface area contributed by atoms with E-state index in [0.29, 0.717) is 38.0 Å². The topological polar surface area (TPSA) is 97.6 Å². The Hall–Kier alpha value is -2.72. The van der Waals surface area contributed by atoms with E-state index >= 15 is 0 Å². The molecule has 2 saturated heterocycles. The monoisotopic (exact) mass is 427 g/mol. The van der Waals surface area contributed by atoms with Crippen LogP contribution in [0, 0.1) is 5.92 Å². The van der Waals surface area contributed by atoms with Crippen LogP contribution >= 0.6 is 0 Å². The van der Waals surface area contributed by atoms with Gasteiger partial charge in [0.1, 0.15) is 5.69 Å². The first-order chi connectivity index (χ1) is 15.2. The number of carbonyl (C=O) groups is 1. The number of fused-ring (bicyclic) bond motifs is 3. The Morgan fingerprint density at radius 3 is 2.94 bits per heavy atom. The molecule has 0 saturated carbocycles. The second-order valence-electron chi connectivity index (χ2n) is 8.40. The molecule has 3 aliphatic heterocycles. The normalized spacial score (nSPS) is 21.5. The summed E-state index contributed by atoms with van der Waals surface area (Å²) >= 11 is 0. The Bertz CT molecular complexity index is 927. The number of rotatable bonds is 5. The quantitative estimate of drug-likeness (QED) is 0.734. The minimum Gasteiger partial charge on any atom is -0.381 e. The first-order valence-electron chi connectivity index (χ1n) is 11.0. The molecule has 0 spiro atoms. The summed E-state index contributed by atoms with van der Waals surface area (Å²) in [5.74, 6) is 2.02. The van der Waals surface area contributed by atoms with Gasteiger partial charge >= 0.3 is 0 Å². The molecule has 5 heterocycles. The van der Waals surface area contributed by atoms with Crippen molar-refractivity contribution in [1.29, 1.82) is 0 Å². The number of amides is 1. The van der Waals surface area contributed by atoms with Gasteiger partial charge in [-0.25, -0.2) is 9.97 Å². The fourth-order valence-electron chi connectivity index (χ4n) is 4.54. The highest BCUT2D eigenvalue weighted by atomic mass is 16.5. The molecule has 3 aliphatic rings. The van der Waals surface area contributed by atoms with Crippen LogP contribution in [0.1, 0.15) is 12.8 Å². The Morgan fingerprint density at radius 2 is 2.13 bits per heavy atom. The summed E-state index contributed by atoms with van der Waals surface area (Å²) < 4.78 is 12.9. The Labute approximate surface area is 181 Å². The maximum atomic E-state index is 12.7. The van der Waals surface area contributed by atoms with Crippen molar-refractivity contribution in [3.05, 3.63) is 18.5 Å². The molecule has 1 N–H and O–H groups in total. The average molecular weight is 428 g/mol. The molecule has 2 aromatic rings. The standard InChI is InChI=1S/C21H29N7O3/c1-26-17(2-5-24-26)20-23-11-18-21(25-20)28-6-9-31-14-16(28)12-27(18)13-19(29)22-10-15-3-7-30-8-4-15/h2,5,11,15-16H,3-4,6-10,12-14H2,1H3,(H,22,29). The first-order valence-corrected chi connectivity index (χ1v) is 11.0. The smallest absolute Gasteiger partial charge is 0.239 e. The number of morpholine rings is 1. The van der Waals surface area contributed by atoms with Crippen molar-refractivity contribution in [2.75, 3.05) is 62.4 Å². The van der Waals surface area contributed by atoms with Crippen molar-refractivity contribution >= 4 is 17.4 Å². The lowest BCUT2D eigenvalue weighted by Gasteiger charge is -2.45. The van der Waals surface area contributed by atoms with E-state index in [0.717, 1.165) is 49.8 Å². The number of ether oxygens (including phenoxy) is 2. The number of anilines is 2. The summed E-state index contributed by atoms with van der Waals surface area (Å²) in [5, 5.41) is 7.34. The minimum absolute atomic E-state index is 0.0262. The molecule has 0 aromatic carbocycles. The summed E-state index contributed by atoms with van der Waals surface area (Å²) in [6.07, 6.45) is 5.59. The largest absolute Gasteiger partial charge is 0.381 e. The highest BCUT2D eigenvalue weighted by molar-refractivity contribution is 5.84. The molecule has 10 nitrogen and oxygen atoms in total. The fourth-order valence-corrected chi connectivity index (χ4v) is 4.54. The third-order valence-electron chi connectivity index (χ3n) is 6.33. The zero-order valence-corrected chi connectivity index (χ0v) is 17.9. The van der Waals surface area contributed by atoms with Crippen molar-refractivity contribution in [3.8, 4) is 11.5 Å². The van der Waals surface area contributed by atoms with Crippen molar-refractivity contribution < 1.29 is 14.3 Å². The van der Waals surface area contributed by atoms with Gasteiger partial charge in [-0.3, -0.25) is 9.48 Å². The number of nitrogens with zero attached hydrogens (tertiary/aromatic N) is 6. The van der Waals surface area contributed by atoms with Crippen LogP contribution in [0.2, 0.25) is 0 Å². The molecular formula is C21H29N7O3. The van der Waals surface area contributed by atoms with Crippen LogP contribution in [0.5, 0.6) is 0 Å². The average Bonchev–Trinajstić information content (AvgIpc) is 3.24. The second kappa shape index (κ2) is 8.80. The van der Waals surface area contributed by atoms with Crippen LogP contribution < -0.4 is 15.1 Å². The number of aryl methyl sites for hydroxylation is 1. The third-order valence-corrected chi connectivity index (χ3v) is 6.33. The maximum Gasteiger partial charge on any atom is 0.239 e. The Morgan fingerprint density at radius 1 is 1.26 bits per heavy atom. The number of carbonyl (C=O) groups excluding carboxylic acids is 1. The second-order valence-corrected chi connectivity index (χ2v) is 8.40. The van der Waals surface area contributed by atoms with Crippen molar-refractivity contribution in [2.45, 2.75) is 18.9 Å². The molecule has 2 fully saturated rings. The van der Waals surface area contributed by atoms with Gasteiger partial charge in [-0.05, 0) is 24.8 Å². The highest BCUT2D eigenvalue weighted by Crippen LogP contribution is 2.35. The van der Waals surface area contributed by atoms with E-state index in [4.69, 9.17) is 14.5 Å². The molecule has 31 heavy (non-hydrogen) atoms. The van der Waals surface area contributed by atoms with Crippen molar-refractivity contribution in [1.82, 2.24) is 25.1 Å². The molecule has 0 radical (unpaired) electrons. The van der Waals surface area contributed by atoms with Crippen LogP contribution in [-0.4, -0.2) is 84.3 Å². The molecule has 0 aliphatic carbocycles. The lowest BCUT2D eigenvalue weighted by molar-refractivity contribution is -0.120. The summed E-state index contributed by atoms with van der Waals surface area (Å²) in [7, 11) is 1.88. The molecule has 0 bridgehead atoms. The van der Waals surface area contributed by atoms with Gasteiger partial charge in [0.15, 0.2) is 11.6 Å². The molecule has 1 atom stereocenters. The first kappa shape index (κ1) is 20.2. The van der Waals surface area contributed by atoms with E-state index in [1.54, 1.807) is 10.9 Å². The maximum absolute atomic E-state index is 12.7. The molecule has 5 rings (SSSR count). The SMILES string of the molecule is Cn1nccc1-c1ncc2c(n1)N1CCOCC1CN2CC(=O)NCC1CCOCC1. The Kier molecular flexibility index (Phi) is 5.73. The van der Waals surface area contributed by atoms with Crippen molar-refractivity contribution in [2.24, 2.45) is 13.0 Å². The van der Waals surface area contributed by atoms with E-state index in [-0.39, 0.29) is 18.5 Å². The number of hydrogen-bond donors (Lipinski definition) is 1. The lowest BCUT2D eigenvalue weighted by Crippen LogP contribution is -2.57. The van der Waals surface area contributed by atoms with E-state index in [1.807, 2.05) is 19.3 Å². The van der Waals surface area contributed by atoms with Crippen LogP contribution in [-0.2, 0) is 21.3 Å². The van der Waals surface area contributed by atoms with E-state index in [2.05, 4.69) is 25.2 Å². The third kappa shape index (κ3) is 4.22. The van der Waals surface area contributed by atoms with Gasteiger partial charge in [0.25, 0.3) is 0 Å². The van der Waals surface area contributed by atoms with Crippen LogP contribution in [0.25, 0.3) is 11.5 Å². The van der Waals surface area contributed by atoms with Crippen LogP contribution in [0.3, 0.4) is 0 Å². The number of hydrogen-bond acceptors (Lipinski definition) is 8. The minimum atomic E-state index is 0.0262. The van der Waals surface area contributed by atoms with E-state index in [1.165, 1.54) is 0 Å². The van der Waals surface area contributed by atoms with Gasteiger partial charge < -0.3 is 24.6 Å². The molecular weight excluding hydrogens is 398 g/mol.